The van der Waals surface area contributed by atoms with Crippen molar-refractivity contribution >= 4 is 5.97 Å². The molecule has 1 atom stereocenters. The summed E-state index contributed by atoms with van der Waals surface area (Å²) >= 11 is 0. The third-order valence-corrected chi connectivity index (χ3v) is 3.54. The van der Waals surface area contributed by atoms with Gasteiger partial charge in [0, 0.05) is 19.1 Å². The summed E-state index contributed by atoms with van der Waals surface area (Å²) in [5, 5.41) is 17.5. The van der Waals surface area contributed by atoms with Crippen LogP contribution in [0.3, 0.4) is 0 Å². The van der Waals surface area contributed by atoms with E-state index >= 15 is 0 Å². The van der Waals surface area contributed by atoms with Crippen molar-refractivity contribution in [3.05, 3.63) is 0 Å². The maximum absolute atomic E-state index is 10.6. The minimum atomic E-state index is -0.684. The third kappa shape index (κ3) is 6.03. The van der Waals surface area contributed by atoms with Crippen molar-refractivity contribution in [3.8, 4) is 0 Å². The summed E-state index contributed by atoms with van der Waals surface area (Å²) in [7, 11) is 0. The van der Waals surface area contributed by atoms with Gasteiger partial charge in [0.1, 0.15) is 0 Å². The van der Waals surface area contributed by atoms with Gasteiger partial charge in [0.15, 0.2) is 0 Å². The molecule has 0 amide bonds. The van der Waals surface area contributed by atoms with Crippen molar-refractivity contribution in [2.45, 2.75) is 57.4 Å². The van der Waals surface area contributed by atoms with E-state index in [1.807, 2.05) is 0 Å². The first-order valence-corrected chi connectivity index (χ1v) is 6.80. The second kappa shape index (κ2) is 8.48. The van der Waals surface area contributed by atoms with Gasteiger partial charge in [-0.1, -0.05) is 6.42 Å². The molecule has 0 spiro atoms. The Bertz CT molecular complexity index is 221. The first-order chi connectivity index (χ1) is 8.24. The highest BCUT2D eigenvalue weighted by molar-refractivity contribution is 5.66. The Labute approximate surface area is 104 Å². The summed E-state index contributed by atoms with van der Waals surface area (Å²) in [4.78, 5) is 13.0. The van der Waals surface area contributed by atoms with Crippen molar-refractivity contribution in [1.82, 2.24) is 4.90 Å². The molecule has 1 rings (SSSR count). The van der Waals surface area contributed by atoms with Crippen LogP contribution >= 0.6 is 0 Å². The first kappa shape index (κ1) is 14.5. The molecule has 0 aromatic heterocycles. The normalized spacial score (nSPS) is 21.6. The fraction of sp³-hybridized carbons (Fsp3) is 0.923. The second-order valence-corrected chi connectivity index (χ2v) is 4.90. The SMILES string of the molecule is O=C(O)CCC1CCCCN1CCCCCO. The molecule has 100 valence electrons. The van der Waals surface area contributed by atoms with Crippen LogP contribution in [0.4, 0.5) is 0 Å². The summed E-state index contributed by atoms with van der Waals surface area (Å²) in [6, 6.07) is 0.467. The minimum Gasteiger partial charge on any atom is -0.481 e. The van der Waals surface area contributed by atoms with Gasteiger partial charge >= 0.3 is 5.97 Å². The molecule has 0 aromatic carbocycles. The lowest BCUT2D eigenvalue weighted by molar-refractivity contribution is -0.137. The molecular formula is C13H25NO3. The van der Waals surface area contributed by atoms with Crippen molar-refractivity contribution in [1.29, 1.82) is 0 Å². The molecule has 1 aliphatic rings. The number of piperidine rings is 1. The number of carboxylic acids is 1. The van der Waals surface area contributed by atoms with Crippen molar-refractivity contribution in [3.63, 3.8) is 0 Å². The van der Waals surface area contributed by atoms with Gasteiger partial charge in [0.2, 0.25) is 0 Å². The van der Waals surface area contributed by atoms with E-state index in [4.69, 9.17) is 10.2 Å². The van der Waals surface area contributed by atoms with Crippen LogP contribution in [0.5, 0.6) is 0 Å². The van der Waals surface area contributed by atoms with Crippen LogP contribution < -0.4 is 0 Å². The van der Waals surface area contributed by atoms with E-state index in [9.17, 15) is 4.79 Å². The van der Waals surface area contributed by atoms with Gasteiger partial charge in [-0.15, -0.1) is 0 Å². The molecular weight excluding hydrogens is 218 g/mol. The number of nitrogens with zero attached hydrogens (tertiary/aromatic N) is 1. The molecule has 1 saturated heterocycles. The van der Waals surface area contributed by atoms with E-state index in [1.165, 1.54) is 12.8 Å². The number of aliphatic hydroxyl groups excluding tert-OH is 1. The number of hydrogen-bond acceptors (Lipinski definition) is 3. The lowest BCUT2D eigenvalue weighted by Crippen LogP contribution is -2.40. The average molecular weight is 243 g/mol. The van der Waals surface area contributed by atoms with Crippen LogP contribution in [-0.4, -0.2) is 46.8 Å². The molecule has 17 heavy (non-hydrogen) atoms. The zero-order valence-corrected chi connectivity index (χ0v) is 10.6. The number of aliphatic hydroxyl groups is 1. The van der Waals surface area contributed by atoms with Gasteiger partial charge < -0.3 is 15.1 Å². The molecule has 0 aliphatic carbocycles. The van der Waals surface area contributed by atoms with Crippen LogP contribution in [0, 0.1) is 0 Å². The lowest BCUT2D eigenvalue weighted by Gasteiger charge is -2.35. The molecule has 2 N–H and O–H groups in total. The predicted octanol–water partition coefficient (Wildman–Crippen LogP) is 1.87. The summed E-state index contributed by atoms with van der Waals surface area (Å²) in [5.74, 6) is -0.684. The summed E-state index contributed by atoms with van der Waals surface area (Å²) in [5.41, 5.74) is 0. The fourth-order valence-corrected chi connectivity index (χ4v) is 2.57. The molecule has 0 bridgehead atoms. The monoisotopic (exact) mass is 243 g/mol. The van der Waals surface area contributed by atoms with Gasteiger partial charge in [0.25, 0.3) is 0 Å². The van der Waals surface area contributed by atoms with E-state index in [0.717, 1.165) is 45.2 Å². The molecule has 1 unspecified atom stereocenters. The highest BCUT2D eigenvalue weighted by Crippen LogP contribution is 2.21. The first-order valence-electron chi connectivity index (χ1n) is 6.80. The van der Waals surface area contributed by atoms with Crippen LogP contribution in [0.2, 0.25) is 0 Å². The Hall–Kier alpha value is -0.610. The van der Waals surface area contributed by atoms with Crippen molar-refractivity contribution in [2.75, 3.05) is 19.7 Å². The number of rotatable bonds is 8. The van der Waals surface area contributed by atoms with E-state index in [1.54, 1.807) is 0 Å². The van der Waals surface area contributed by atoms with Crippen LogP contribution in [0.1, 0.15) is 51.4 Å². The van der Waals surface area contributed by atoms with Crippen LogP contribution in [0.15, 0.2) is 0 Å². The zero-order valence-electron chi connectivity index (χ0n) is 10.6. The molecule has 4 nitrogen and oxygen atoms in total. The standard InChI is InChI=1S/C13H25NO3/c15-11-5-1-3-9-14-10-4-2-6-12(14)7-8-13(16)17/h12,15H,1-11H2,(H,16,17). The van der Waals surface area contributed by atoms with Crippen molar-refractivity contribution < 1.29 is 15.0 Å². The molecule has 1 fully saturated rings. The summed E-state index contributed by atoms with van der Waals surface area (Å²) in [6.45, 7) is 2.45. The van der Waals surface area contributed by atoms with Gasteiger partial charge in [-0.25, -0.2) is 0 Å². The maximum Gasteiger partial charge on any atom is 0.303 e. The molecule has 1 aliphatic heterocycles. The molecule has 0 aromatic rings. The van der Waals surface area contributed by atoms with E-state index in [2.05, 4.69) is 4.90 Å². The molecule has 1 heterocycles. The number of carbonyl (C=O) groups is 1. The quantitative estimate of drug-likeness (QED) is 0.639. The van der Waals surface area contributed by atoms with Gasteiger partial charge in [-0.2, -0.15) is 0 Å². The fourth-order valence-electron chi connectivity index (χ4n) is 2.57. The average Bonchev–Trinajstić information content (AvgIpc) is 2.33. The van der Waals surface area contributed by atoms with E-state index in [-0.39, 0.29) is 13.0 Å². The second-order valence-electron chi connectivity index (χ2n) is 4.90. The number of aliphatic carboxylic acids is 1. The van der Waals surface area contributed by atoms with E-state index in [0.29, 0.717) is 6.04 Å². The minimum absolute atomic E-state index is 0.280. The number of unbranched alkanes of at least 4 members (excludes halogenated alkanes) is 2. The topological polar surface area (TPSA) is 60.8 Å². The molecule has 0 saturated carbocycles. The Balaban J connectivity index is 2.24. The largest absolute Gasteiger partial charge is 0.481 e. The van der Waals surface area contributed by atoms with Gasteiger partial charge in [-0.3, -0.25) is 4.79 Å². The highest BCUT2D eigenvalue weighted by atomic mass is 16.4. The maximum atomic E-state index is 10.6. The van der Waals surface area contributed by atoms with Crippen LogP contribution in [0.25, 0.3) is 0 Å². The Morgan fingerprint density at radius 2 is 2.06 bits per heavy atom. The van der Waals surface area contributed by atoms with Gasteiger partial charge in [-0.05, 0) is 51.6 Å². The molecule has 4 heteroatoms. The van der Waals surface area contributed by atoms with Crippen LogP contribution in [-0.2, 0) is 4.79 Å². The number of hydrogen-bond donors (Lipinski definition) is 2. The lowest BCUT2D eigenvalue weighted by atomic mass is 9.97. The Morgan fingerprint density at radius 1 is 1.24 bits per heavy atom. The Kier molecular flexibility index (Phi) is 7.21. The number of carboxylic acid groups (broad SMARTS) is 1. The smallest absolute Gasteiger partial charge is 0.303 e. The predicted molar refractivity (Wildman–Crippen MR) is 67.0 cm³/mol. The summed E-state index contributed by atoms with van der Waals surface area (Å²) < 4.78 is 0. The highest BCUT2D eigenvalue weighted by Gasteiger charge is 2.22. The third-order valence-electron chi connectivity index (χ3n) is 3.54. The number of likely N-dealkylation sites (tertiary alicyclic amines) is 1. The van der Waals surface area contributed by atoms with Gasteiger partial charge in [0.05, 0.1) is 0 Å². The van der Waals surface area contributed by atoms with Crippen molar-refractivity contribution in [2.24, 2.45) is 0 Å². The Morgan fingerprint density at radius 3 is 2.76 bits per heavy atom. The van der Waals surface area contributed by atoms with E-state index < -0.39 is 5.97 Å². The zero-order chi connectivity index (χ0) is 12.5. The summed E-state index contributed by atoms with van der Waals surface area (Å²) in [6.07, 6.45) is 7.76. The molecule has 0 radical (unpaired) electrons.